The van der Waals surface area contributed by atoms with E-state index in [-0.39, 0.29) is 11.6 Å². The fraction of sp³-hybridized carbons (Fsp3) is 0.0769. The number of hydrogen-bond donors (Lipinski definition) is 0. The van der Waals surface area contributed by atoms with Crippen molar-refractivity contribution in [3.8, 4) is 5.69 Å². The lowest BCUT2D eigenvalue weighted by Gasteiger charge is -2.08. The molecule has 0 aliphatic heterocycles. The van der Waals surface area contributed by atoms with Gasteiger partial charge >= 0.3 is 0 Å². The van der Waals surface area contributed by atoms with Gasteiger partial charge in [0.25, 0.3) is 0 Å². The van der Waals surface area contributed by atoms with Crippen molar-refractivity contribution in [1.82, 2.24) is 14.5 Å². The van der Waals surface area contributed by atoms with E-state index in [4.69, 9.17) is 11.6 Å². The van der Waals surface area contributed by atoms with Crippen LogP contribution in [0.1, 0.15) is 5.82 Å². The van der Waals surface area contributed by atoms with Gasteiger partial charge in [-0.25, -0.2) is 18.7 Å². The third kappa shape index (κ3) is 1.96. The van der Waals surface area contributed by atoms with Crippen LogP contribution in [0.2, 0.25) is 0 Å². The Balaban J connectivity index is 2.34. The first kappa shape index (κ1) is 12.0. The highest BCUT2D eigenvalue weighted by atomic mass is 35.5. The molecule has 0 spiro atoms. The molecule has 0 saturated carbocycles. The van der Waals surface area contributed by atoms with Gasteiger partial charge in [-0.05, 0) is 24.3 Å². The van der Waals surface area contributed by atoms with Crippen molar-refractivity contribution in [3.63, 3.8) is 0 Å². The van der Waals surface area contributed by atoms with E-state index in [2.05, 4.69) is 9.97 Å². The molecule has 2 heterocycles. The molecule has 6 heteroatoms. The van der Waals surface area contributed by atoms with Crippen molar-refractivity contribution in [2.45, 2.75) is 5.88 Å². The van der Waals surface area contributed by atoms with E-state index in [9.17, 15) is 8.78 Å². The molecule has 3 aromatic rings. The van der Waals surface area contributed by atoms with E-state index < -0.39 is 11.6 Å². The van der Waals surface area contributed by atoms with Gasteiger partial charge in [-0.1, -0.05) is 0 Å². The quantitative estimate of drug-likeness (QED) is 0.673. The Morgan fingerprint density at radius 3 is 2.79 bits per heavy atom. The van der Waals surface area contributed by atoms with E-state index in [0.29, 0.717) is 17.0 Å². The van der Waals surface area contributed by atoms with Crippen LogP contribution in [0.25, 0.3) is 16.9 Å². The van der Waals surface area contributed by atoms with Crippen molar-refractivity contribution in [1.29, 1.82) is 0 Å². The molecule has 0 amide bonds. The minimum Gasteiger partial charge on any atom is -0.277 e. The summed E-state index contributed by atoms with van der Waals surface area (Å²) in [6, 6.07) is 6.85. The van der Waals surface area contributed by atoms with Gasteiger partial charge in [0.1, 0.15) is 23.0 Å². The van der Waals surface area contributed by atoms with Crippen LogP contribution in [0.5, 0.6) is 0 Å². The maximum absolute atomic E-state index is 13.9. The molecule has 2 aromatic heterocycles. The summed E-state index contributed by atoms with van der Waals surface area (Å²) in [4.78, 5) is 8.45. The van der Waals surface area contributed by atoms with Crippen LogP contribution in [0.3, 0.4) is 0 Å². The van der Waals surface area contributed by atoms with Crippen LogP contribution in [-0.4, -0.2) is 14.5 Å². The fourth-order valence-corrected chi connectivity index (χ4v) is 2.14. The topological polar surface area (TPSA) is 30.7 Å². The number of rotatable bonds is 2. The second kappa shape index (κ2) is 4.59. The summed E-state index contributed by atoms with van der Waals surface area (Å²) in [5, 5.41) is 0. The molecule has 0 saturated heterocycles. The van der Waals surface area contributed by atoms with Gasteiger partial charge in [0.05, 0.1) is 11.6 Å². The van der Waals surface area contributed by atoms with Gasteiger partial charge in [-0.2, -0.15) is 0 Å². The number of hydrogen-bond acceptors (Lipinski definition) is 2. The average molecular weight is 280 g/mol. The van der Waals surface area contributed by atoms with Crippen molar-refractivity contribution in [2.75, 3.05) is 0 Å². The molecule has 0 atom stereocenters. The molecule has 19 heavy (non-hydrogen) atoms. The lowest BCUT2D eigenvalue weighted by Crippen LogP contribution is -2.03. The molecule has 0 unspecified atom stereocenters. The first-order chi connectivity index (χ1) is 9.20. The summed E-state index contributed by atoms with van der Waals surface area (Å²) in [7, 11) is 0. The normalized spacial score (nSPS) is 11.1. The largest absolute Gasteiger partial charge is 0.277 e. The first-order valence-corrected chi connectivity index (χ1v) is 6.08. The zero-order valence-electron chi connectivity index (χ0n) is 9.65. The standard InChI is InChI=1S/C13H8ClF2N3/c14-7-12-18-10-2-1-5-17-13(10)19(12)11-4-3-8(15)6-9(11)16/h1-6H,7H2. The molecule has 0 fully saturated rings. The number of alkyl halides is 1. The predicted molar refractivity (Wildman–Crippen MR) is 68.3 cm³/mol. The van der Waals surface area contributed by atoms with Gasteiger partial charge in [0, 0.05) is 12.3 Å². The van der Waals surface area contributed by atoms with Gasteiger partial charge < -0.3 is 0 Å². The summed E-state index contributed by atoms with van der Waals surface area (Å²) >= 11 is 5.83. The molecule has 3 rings (SSSR count). The van der Waals surface area contributed by atoms with E-state index in [1.54, 1.807) is 18.3 Å². The number of aromatic nitrogens is 3. The Labute approximate surface area is 112 Å². The maximum Gasteiger partial charge on any atom is 0.164 e. The van der Waals surface area contributed by atoms with Crippen LogP contribution in [-0.2, 0) is 5.88 Å². The van der Waals surface area contributed by atoms with Gasteiger partial charge in [-0.3, -0.25) is 4.57 Å². The number of benzene rings is 1. The van der Waals surface area contributed by atoms with Crippen LogP contribution in [0.4, 0.5) is 8.78 Å². The first-order valence-electron chi connectivity index (χ1n) is 5.54. The third-order valence-electron chi connectivity index (χ3n) is 2.76. The zero-order chi connectivity index (χ0) is 13.4. The smallest absolute Gasteiger partial charge is 0.164 e. The van der Waals surface area contributed by atoms with Gasteiger partial charge in [0.2, 0.25) is 0 Å². The van der Waals surface area contributed by atoms with Crippen molar-refractivity contribution >= 4 is 22.8 Å². The highest BCUT2D eigenvalue weighted by molar-refractivity contribution is 6.16. The Morgan fingerprint density at radius 1 is 1.21 bits per heavy atom. The molecular formula is C13H8ClF2N3. The monoisotopic (exact) mass is 279 g/mol. The minimum atomic E-state index is -0.684. The molecule has 96 valence electrons. The van der Waals surface area contributed by atoms with Crippen LogP contribution >= 0.6 is 11.6 Å². The van der Waals surface area contributed by atoms with E-state index in [0.717, 1.165) is 6.07 Å². The highest BCUT2D eigenvalue weighted by Crippen LogP contribution is 2.23. The average Bonchev–Trinajstić information content (AvgIpc) is 2.77. The SMILES string of the molecule is Fc1ccc(-n2c(CCl)nc3cccnc32)c(F)c1. The maximum atomic E-state index is 13.9. The number of nitrogens with zero attached hydrogens (tertiary/aromatic N) is 3. The van der Waals surface area contributed by atoms with E-state index in [1.807, 2.05) is 0 Å². The molecule has 3 nitrogen and oxygen atoms in total. The van der Waals surface area contributed by atoms with Crippen molar-refractivity contribution in [2.24, 2.45) is 0 Å². The Bertz CT molecular complexity index is 755. The summed E-state index contributed by atoms with van der Waals surface area (Å²) < 4.78 is 28.4. The lowest BCUT2D eigenvalue weighted by molar-refractivity contribution is 0.577. The Kier molecular flexibility index (Phi) is 2.91. The molecule has 0 radical (unpaired) electrons. The molecule has 0 N–H and O–H groups in total. The second-order valence-corrected chi connectivity index (χ2v) is 4.21. The van der Waals surface area contributed by atoms with Gasteiger partial charge in [-0.15, -0.1) is 11.6 Å². The molecular weight excluding hydrogens is 272 g/mol. The Morgan fingerprint density at radius 2 is 2.05 bits per heavy atom. The van der Waals surface area contributed by atoms with Crippen molar-refractivity contribution in [3.05, 3.63) is 54.0 Å². The number of halogens is 3. The highest BCUT2D eigenvalue weighted by Gasteiger charge is 2.15. The molecule has 1 aromatic carbocycles. The number of fused-ring (bicyclic) bond motifs is 1. The van der Waals surface area contributed by atoms with Crippen LogP contribution < -0.4 is 0 Å². The summed E-state index contributed by atoms with van der Waals surface area (Å²) in [6.07, 6.45) is 1.58. The van der Waals surface area contributed by atoms with Crippen LogP contribution in [0.15, 0.2) is 36.5 Å². The molecule has 0 bridgehead atoms. The number of imidazole rings is 1. The van der Waals surface area contributed by atoms with E-state index >= 15 is 0 Å². The summed E-state index contributed by atoms with van der Waals surface area (Å²) in [5.74, 6) is -0.754. The lowest BCUT2D eigenvalue weighted by atomic mass is 10.3. The minimum absolute atomic E-state index is 0.104. The van der Waals surface area contributed by atoms with E-state index in [1.165, 1.54) is 16.7 Å². The zero-order valence-corrected chi connectivity index (χ0v) is 10.4. The molecule has 0 aliphatic rings. The van der Waals surface area contributed by atoms with Gasteiger partial charge in [0.15, 0.2) is 5.65 Å². The Hall–Kier alpha value is -2.01. The molecule has 0 aliphatic carbocycles. The summed E-state index contributed by atoms with van der Waals surface area (Å²) in [5.41, 5.74) is 1.28. The fourth-order valence-electron chi connectivity index (χ4n) is 1.96. The van der Waals surface area contributed by atoms with Crippen LogP contribution in [0, 0.1) is 11.6 Å². The third-order valence-corrected chi connectivity index (χ3v) is 2.99. The van der Waals surface area contributed by atoms with Crippen molar-refractivity contribution < 1.29 is 8.78 Å². The summed E-state index contributed by atoms with van der Waals surface area (Å²) in [6.45, 7) is 0. The predicted octanol–water partition coefficient (Wildman–Crippen LogP) is 3.44. The second-order valence-electron chi connectivity index (χ2n) is 3.94. The number of pyridine rings is 1.